The van der Waals surface area contributed by atoms with Crippen molar-refractivity contribution >= 4 is 23.9 Å². The van der Waals surface area contributed by atoms with Gasteiger partial charge in [-0.3, -0.25) is 9.79 Å². The van der Waals surface area contributed by atoms with E-state index in [1.54, 1.807) is 18.0 Å². The highest BCUT2D eigenvalue weighted by Crippen LogP contribution is 2.04. The molecule has 1 aromatic carbocycles. The molecule has 0 heterocycles. The number of hydrogen-bond acceptors (Lipinski definition) is 3. The standard InChI is InChI=1S/C12H16N2OS/c1-16-8-7-11(12(13)15)14-9-10-5-3-2-4-6-10/h2-6,9,11H,7-8H2,1H3,(H2,13,15)/t11-/m0/s1. The number of hydrogen-bond donors (Lipinski definition) is 1. The van der Waals surface area contributed by atoms with Crippen molar-refractivity contribution in [3.63, 3.8) is 0 Å². The van der Waals surface area contributed by atoms with E-state index in [-0.39, 0.29) is 5.91 Å². The van der Waals surface area contributed by atoms with E-state index >= 15 is 0 Å². The van der Waals surface area contributed by atoms with Crippen LogP contribution in [-0.2, 0) is 4.79 Å². The molecule has 3 nitrogen and oxygen atoms in total. The van der Waals surface area contributed by atoms with Gasteiger partial charge in [-0.2, -0.15) is 11.8 Å². The number of nitrogens with zero attached hydrogens (tertiary/aromatic N) is 1. The Labute approximate surface area is 100 Å². The number of carbonyl (C=O) groups is 1. The molecule has 1 rings (SSSR count). The number of benzene rings is 1. The summed E-state index contributed by atoms with van der Waals surface area (Å²) in [6.45, 7) is 0. The molecule has 0 bridgehead atoms. The Balaban J connectivity index is 2.61. The van der Waals surface area contributed by atoms with E-state index in [4.69, 9.17) is 5.73 Å². The lowest BCUT2D eigenvalue weighted by Crippen LogP contribution is -2.27. The monoisotopic (exact) mass is 236 g/mol. The highest BCUT2D eigenvalue weighted by atomic mass is 32.2. The molecular weight excluding hydrogens is 220 g/mol. The van der Waals surface area contributed by atoms with Crippen LogP contribution in [-0.4, -0.2) is 30.2 Å². The van der Waals surface area contributed by atoms with Crippen molar-refractivity contribution in [2.45, 2.75) is 12.5 Å². The van der Waals surface area contributed by atoms with Crippen LogP contribution in [0.15, 0.2) is 35.3 Å². The Morgan fingerprint density at radius 1 is 1.50 bits per heavy atom. The van der Waals surface area contributed by atoms with Gasteiger partial charge < -0.3 is 5.73 Å². The van der Waals surface area contributed by atoms with Crippen molar-refractivity contribution in [1.29, 1.82) is 0 Å². The fourth-order valence-corrected chi connectivity index (χ4v) is 1.69. The zero-order chi connectivity index (χ0) is 11.8. The van der Waals surface area contributed by atoms with Crippen LogP contribution in [0.1, 0.15) is 12.0 Å². The Kier molecular flexibility index (Phi) is 5.64. The van der Waals surface area contributed by atoms with Crippen LogP contribution in [0.3, 0.4) is 0 Å². The van der Waals surface area contributed by atoms with Crippen molar-refractivity contribution in [2.24, 2.45) is 10.7 Å². The molecule has 0 aliphatic heterocycles. The number of primary amides is 1. The molecule has 0 unspecified atom stereocenters. The summed E-state index contributed by atoms with van der Waals surface area (Å²) < 4.78 is 0. The van der Waals surface area contributed by atoms with Gasteiger partial charge >= 0.3 is 0 Å². The fraction of sp³-hybridized carbons (Fsp3) is 0.333. The maximum atomic E-state index is 11.1. The van der Waals surface area contributed by atoms with Crippen molar-refractivity contribution in [3.05, 3.63) is 35.9 Å². The summed E-state index contributed by atoms with van der Waals surface area (Å²) in [6.07, 6.45) is 4.40. The summed E-state index contributed by atoms with van der Waals surface area (Å²) in [5.41, 5.74) is 6.26. The minimum absolute atomic E-state index is 0.360. The maximum absolute atomic E-state index is 11.1. The third kappa shape index (κ3) is 4.49. The van der Waals surface area contributed by atoms with E-state index in [1.165, 1.54) is 0 Å². The molecule has 0 spiro atoms. The number of thioether (sulfide) groups is 1. The molecule has 4 heteroatoms. The van der Waals surface area contributed by atoms with Crippen molar-refractivity contribution < 1.29 is 4.79 Å². The van der Waals surface area contributed by atoms with Gasteiger partial charge in [-0.1, -0.05) is 30.3 Å². The smallest absolute Gasteiger partial charge is 0.242 e. The Morgan fingerprint density at radius 2 is 2.19 bits per heavy atom. The Morgan fingerprint density at radius 3 is 2.75 bits per heavy atom. The molecule has 0 aromatic heterocycles. The zero-order valence-electron chi connectivity index (χ0n) is 9.30. The summed E-state index contributed by atoms with van der Waals surface area (Å²) in [4.78, 5) is 15.3. The summed E-state index contributed by atoms with van der Waals surface area (Å²) in [6, 6.07) is 9.28. The third-order valence-corrected chi connectivity index (χ3v) is 2.77. The minimum atomic E-state index is -0.410. The van der Waals surface area contributed by atoms with Crippen LogP contribution in [0.2, 0.25) is 0 Å². The van der Waals surface area contributed by atoms with E-state index < -0.39 is 6.04 Å². The lowest BCUT2D eigenvalue weighted by molar-refractivity contribution is -0.119. The third-order valence-electron chi connectivity index (χ3n) is 2.13. The molecule has 86 valence electrons. The fourth-order valence-electron chi connectivity index (χ4n) is 1.23. The number of aliphatic imine (C=N–C) groups is 1. The Hall–Kier alpha value is -1.29. The minimum Gasteiger partial charge on any atom is -0.368 e. The van der Waals surface area contributed by atoms with Crippen molar-refractivity contribution in [2.75, 3.05) is 12.0 Å². The van der Waals surface area contributed by atoms with E-state index in [1.807, 2.05) is 36.6 Å². The quantitative estimate of drug-likeness (QED) is 0.764. The SMILES string of the molecule is CSCC[C@H](N=Cc1ccccc1)C(N)=O. The van der Waals surface area contributed by atoms with Crippen LogP contribution >= 0.6 is 11.8 Å². The molecule has 1 atom stereocenters. The highest BCUT2D eigenvalue weighted by Gasteiger charge is 2.11. The predicted molar refractivity (Wildman–Crippen MR) is 70.0 cm³/mol. The average molecular weight is 236 g/mol. The number of carbonyl (C=O) groups excluding carboxylic acids is 1. The van der Waals surface area contributed by atoms with Crippen LogP contribution in [0.5, 0.6) is 0 Å². The van der Waals surface area contributed by atoms with Gasteiger partial charge in [0.15, 0.2) is 0 Å². The van der Waals surface area contributed by atoms with Crippen LogP contribution in [0.25, 0.3) is 0 Å². The lowest BCUT2D eigenvalue weighted by Gasteiger charge is -2.06. The van der Waals surface area contributed by atoms with Gasteiger partial charge in [0, 0.05) is 6.21 Å². The first kappa shape index (κ1) is 12.8. The molecule has 0 fully saturated rings. The van der Waals surface area contributed by atoms with Gasteiger partial charge in [0.1, 0.15) is 6.04 Å². The first-order valence-electron chi connectivity index (χ1n) is 5.10. The molecular formula is C12H16N2OS. The van der Waals surface area contributed by atoms with Crippen molar-refractivity contribution in [3.8, 4) is 0 Å². The molecule has 1 aromatic rings. The summed E-state index contributed by atoms with van der Waals surface area (Å²) in [5, 5.41) is 0. The van der Waals surface area contributed by atoms with E-state index in [0.717, 1.165) is 11.3 Å². The molecule has 0 aliphatic carbocycles. The van der Waals surface area contributed by atoms with Gasteiger partial charge in [-0.05, 0) is 24.0 Å². The first-order chi connectivity index (χ1) is 7.74. The highest BCUT2D eigenvalue weighted by molar-refractivity contribution is 7.98. The van der Waals surface area contributed by atoms with Crippen LogP contribution < -0.4 is 5.73 Å². The molecule has 1 amide bonds. The normalized spacial score (nSPS) is 12.8. The number of amides is 1. The zero-order valence-corrected chi connectivity index (χ0v) is 10.1. The molecule has 0 saturated heterocycles. The number of nitrogens with two attached hydrogens (primary N) is 1. The Bertz CT molecular complexity index is 351. The van der Waals surface area contributed by atoms with Gasteiger partial charge in [-0.25, -0.2) is 0 Å². The summed E-state index contributed by atoms with van der Waals surface area (Å²) in [5.74, 6) is 0.529. The molecule has 16 heavy (non-hydrogen) atoms. The predicted octanol–water partition coefficient (Wildman–Crippen LogP) is 1.71. The molecule has 2 N–H and O–H groups in total. The van der Waals surface area contributed by atoms with E-state index in [2.05, 4.69) is 4.99 Å². The summed E-state index contributed by atoms with van der Waals surface area (Å²) >= 11 is 1.69. The van der Waals surface area contributed by atoms with Gasteiger partial charge in [0.25, 0.3) is 0 Å². The van der Waals surface area contributed by atoms with Gasteiger partial charge in [0.2, 0.25) is 5.91 Å². The first-order valence-corrected chi connectivity index (χ1v) is 6.50. The second kappa shape index (κ2) is 7.06. The van der Waals surface area contributed by atoms with Crippen molar-refractivity contribution in [1.82, 2.24) is 0 Å². The van der Waals surface area contributed by atoms with Crippen LogP contribution in [0.4, 0.5) is 0 Å². The van der Waals surface area contributed by atoms with Gasteiger partial charge in [0.05, 0.1) is 0 Å². The van der Waals surface area contributed by atoms with E-state index in [0.29, 0.717) is 6.42 Å². The largest absolute Gasteiger partial charge is 0.368 e. The maximum Gasteiger partial charge on any atom is 0.242 e. The second-order valence-corrected chi connectivity index (χ2v) is 4.37. The number of rotatable bonds is 6. The lowest BCUT2D eigenvalue weighted by atomic mass is 10.2. The molecule has 0 saturated carbocycles. The van der Waals surface area contributed by atoms with E-state index in [9.17, 15) is 4.79 Å². The van der Waals surface area contributed by atoms with Gasteiger partial charge in [-0.15, -0.1) is 0 Å². The molecule has 0 radical (unpaired) electrons. The summed E-state index contributed by atoms with van der Waals surface area (Å²) in [7, 11) is 0. The average Bonchev–Trinajstić information content (AvgIpc) is 2.30. The second-order valence-electron chi connectivity index (χ2n) is 3.39. The topological polar surface area (TPSA) is 55.4 Å². The van der Waals surface area contributed by atoms with Crippen LogP contribution in [0, 0.1) is 0 Å². The molecule has 0 aliphatic rings.